The van der Waals surface area contributed by atoms with E-state index in [9.17, 15) is 9.59 Å². The SMILES string of the molecule is C[C@H](NC(=O)[C@@H]1C[C@@H]1C(=O)O)c1ccc2c(c1)OCO2. The van der Waals surface area contributed by atoms with E-state index in [1.807, 2.05) is 19.1 Å². The molecule has 0 unspecified atom stereocenters. The largest absolute Gasteiger partial charge is 0.481 e. The molecule has 3 atom stereocenters. The van der Waals surface area contributed by atoms with Crippen molar-refractivity contribution in [3.05, 3.63) is 23.8 Å². The zero-order chi connectivity index (χ0) is 14.3. The summed E-state index contributed by atoms with van der Waals surface area (Å²) in [6.07, 6.45) is 0.426. The molecule has 106 valence electrons. The van der Waals surface area contributed by atoms with E-state index >= 15 is 0 Å². The highest BCUT2D eigenvalue weighted by atomic mass is 16.7. The molecule has 1 aromatic carbocycles. The number of amides is 1. The number of fused-ring (bicyclic) bond motifs is 1. The van der Waals surface area contributed by atoms with Crippen molar-refractivity contribution in [2.75, 3.05) is 6.79 Å². The normalized spacial score (nSPS) is 24.1. The van der Waals surface area contributed by atoms with Gasteiger partial charge in [0.2, 0.25) is 12.7 Å². The number of hydrogen-bond acceptors (Lipinski definition) is 4. The number of carboxylic acid groups (broad SMARTS) is 1. The third-order valence-electron chi connectivity index (χ3n) is 3.70. The molecule has 2 N–H and O–H groups in total. The molecular formula is C14H15NO5. The number of aliphatic carboxylic acids is 1. The summed E-state index contributed by atoms with van der Waals surface area (Å²) in [5.74, 6) is -0.676. The van der Waals surface area contributed by atoms with Gasteiger partial charge in [-0.3, -0.25) is 9.59 Å². The zero-order valence-corrected chi connectivity index (χ0v) is 11.0. The van der Waals surface area contributed by atoms with Gasteiger partial charge in [0.15, 0.2) is 11.5 Å². The van der Waals surface area contributed by atoms with Crippen molar-refractivity contribution in [1.29, 1.82) is 0 Å². The quantitative estimate of drug-likeness (QED) is 0.866. The van der Waals surface area contributed by atoms with Gasteiger partial charge in [0.05, 0.1) is 17.9 Å². The predicted molar refractivity (Wildman–Crippen MR) is 68.4 cm³/mol. The molecule has 0 bridgehead atoms. The first-order valence-electron chi connectivity index (χ1n) is 6.49. The standard InChI is InChI=1S/C14H15NO5/c1-7(15-13(16)9-5-10(9)14(17)18)8-2-3-11-12(4-8)20-6-19-11/h2-4,7,9-10H,5-6H2,1H3,(H,15,16)(H,17,18)/t7-,9+,10-/m0/s1. The highest BCUT2D eigenvalue weighted by Crippen LogP contribution is 2.39. The lowest BCUT2D eigenvalue weighted by Crippen LogP contribution is -2.29. The maximum Gasteiger partial charge on any atom is 0.307 e. The van der Waals surface area contributed by atoms with Crippen LogP contribution in [0.25, 0.3) is 0 Å². The van der Waals surface area contributed by atoms with E-state index in [2.05, 4.69) is 5.32 Å². The fraction of sp³-hybridized carbons (Fsp3) is 0.429. The van der Waals surface area contributed by atoms with Crippen molar-refractivity contribution in [3.8, 4) is 11.5 Å². The van der Waals surface area contributed by atoms with Gasteiger partial charge < -0.3 is 19.9 Å². The van der Waals surface area contributed by atoms with Gasteiger partial charge in [0.25, 0.3) is 0 Å². The number of nitrogens with one attached hydrogen (secondary N) is 1. The smallest absolute Gasteiger partial charge is 0.307 e. The average molecular weight is 277 g/mol. The molecule has 20 heavy (non-hydrogen) atoms. The third kappa shape index (κ3) is 2.29. The molecule has 1 amide bonds. The molecule has 0 saturated heterocycles. The zero-order valence-electron chi connectivity index (χ0n) is 11.0. The lowest BCUT2D eigenvalue weighted by atomic mass is 10.1. The maximum absolute atomic E-state index is 11.9. The van der Waals surface area contributed by atoms with E-state index in [-0.39, 0.29) is 18.7 Å². The van der Waals surface area contributed by atoms with Crippen LogP contribution >= 0.6 is 0 Å². The van der Waals surface area contributed by atoms with Crippen LogP contribution < -0.4 is 14.8 Å². The number of benzene rings is 1. The van der Waals surface area contributed by atoms with Crippen molar-refractivity contribution in [2.24, 2.45) is 11.8 Å². The van der Waals surface area contributed by atoms with Crippen LogP contribution in [0.15, 0.2) is 18.2 Å². The monoisotopic (exact) mass is 277 g/mol. The average Bonchev–Trinajstić information content (AvgIpc) is 3.09. The summed E-state index contributed by atoms with van der Waals surface area (Å²) < 4.78 is 10.5. The van der Waals surface area contributed by atoms with E-state index in [4.69, 9.17) is 14.6 Å². The fourth-order valence-electron chi connectivity index (χ4n) is 2.34. The summed E-state index contributed by atoms with van der Waals surface area (Å²) in [6, 6.07) is 5.29. The third-order valence-corrected chi connectivity index (χ3v) is 3.70. The predicted octanol–water partition coefficient (Wildman–Crippen LogP) is 1.31. The summed E-state index contributed by atoms with van der Waals surface area (Å²) in [6.45, 7) is 2.06. The first-order chi connectivity index (χ1) is 9.56. The van der Waals surface area contributed by atoms with E-state index in [1.54, 1.807) is 6.07 Å². The molecule has 1 aliphatic heterocycles. The fourth-order valence-corrected chi connectivity index (χ4v) is 2.34. The maximum atomic E-state index is 11.9. The summed E-state index contributed by atoms with van der Waals surface area (Å²) in [5, 5.41) is 11.7. The van der Waals surface area contributed by atoms with Crippen LogP contribution in [0.4, 0.5) is 0 Å². The summed E-state index contributed by atoms with van der Waals surface area (Å²) >= 11 is 0. The first kappa shape index (κ1) is 12.8. The minimum Gasteiger partial charge on any atom is -0.481 e. The van der Waals surface area contributed by atoms with Crippen LogP contribution in [-0.2, 0) is 9.59 Å². The Morgan fingerprint density at radius 2 is 2.05 bits per heavy atom. The second kappa shape index (κ2) is 4.70. The molecular weight excluding hydrogens is 262 g/mol. The molecule has 1 saturated carbocycles. The van der Waals surface area contributed by atoms with Crippen molar-refractivity contribution in [1.82, 2.24) is 5.32 Å². The summed E-state index contributed by atoms with van der Waals surface area (Å²) in [5.41, 5.74) is 0.898. The topological polar surface area (TPSA) is 84.9 Å². The molecule has 2 aliphatic rings. The van der Waals surface area contributed by atoms with Crippen LogP contribution in [0.2, 0.25) is 0 Å². The molecule has 0 radical (unpaired) electrons. The Labute approximate surface area is 115 Å². The van der Waals surface area contributed by atoms with E-state index in [1.165, 1.54) is 0 Å². The van der Waals surface area contributed by atoms with Crippen LogP contribution in [0.3, 0.4) is 0 Å². The van der Waals surface area contributed by atoms with Crippen molar-refractivity contribution in [3.63, 3.8) is 0 Å². The molecule has 1 fully saturated rings. The number of ether oxygens (including phenoxy) is 2. The molecule has 1 heterocycles. The van der Waals surface area contributed by atoms with Crippen LogP contribution in [0, 0.1) is 11.8 Å². The Kier molecular flexibility index (Phi) is 3.00. The molecule has 0 aromatic heterocycles. The van der Waals surface area contributed by atoms with Crippen molar-refractivity contribution >= 4 is 11.9 Å². The molecule has 1 aliphatic carbocycles. The van der Waals surface area contributed by atoms with Crippen molar-refractivity contribution in [2.45, 2.75) is 19.4 Å². The Morgan fingerprint density at radius 3 is 2.75 bits per heavy atom. The van der Waals surface area contributed by atoms with E-state index in [0.29, 0.717) is 17.9 Å². The molecule has 3 rings (SSSR count). The molecule has 6 nitrogen and oxygen atoms in total. The van der Waals surface area contributed by atoms with Crippen LogP contribution in [0.1, 0.15) is 24.9 Å². The van der Waals surface area contributed by atoms with E-state index in [0.717, 1.165) is 5.56 Å². The Hall–Kier alpha value is -2.24. The van der Waals surface area contributed by atoms with Crippen LogP contribution in [0.5, 0.6) is 11.5 Å². The van der Waals surface area contributed by atoms with Crippen LogP contribution in [-0.4, -0.2) is 23.8 Å². The number of hydrogen-bond donors (Lipinski definition) is 2. The molecule has 6 heteroatoms. The van der Waals surface area contributed by atoms with Gasteiger partial charge in [-0.05, 0) is 31.0 Å². The summed E-state index contributed by atoms with van der Waals surface area (Å²) in [7, 11) is 0. The van der Waals surface area contributed by atoms with Gasteiger partial charge in [0.1, 0.15) is 0 Å². The highest BCUT2D eigenvalue weighted by Gasteiger charge is 2.48. The van der Waals surface area contributed by atoms with Gasteiger partial charge in [-0.25, -0.2) is 0 Å². The minimum absolute atomic E-state index is 0.202. The number of carboxylic acids is 1. The Bertz CT molecular complexity index is 571. The second-order valence-corrected chi connectivity index (χ2v) is 5.13. The number of carbonyl (C=O) groups excluding carboxylic acids is 1. The van der Waals surface area contributed by atoms with Gasteiger partial charge in [-0.2, -0.15) is 0 Å². The minimum atomic E-state index is -0.902. The molecule has 0 spiro atoms. The van der Waals surface area contributed by atoms with Gasteiger partial charge in [0, 0.05) is 0 Å². The van der Waals surface area contributed by atoms with Gasteiger partial charge in [-0.1, -0.05) is 6.07 Å². The lowest BCUT2D eigenvalue weighted by molar-refractivity contribution is -0.140. The lowest BCUT2D eigenvalue weighted by Gasteiger charge is -2.14. The molecule has 1 aromatic rings. The highest BCUT2D eigenvalue weighted by molar-refractivity contribution is 5.89. The van der Waals surface area contributed by atoms with Gasteiger partial charge in [-0.15, -0.1) is 0 Å². The second-order valence-electron chi connectivity index (χ2n) is 5.13. The van der Waals surface area contributed by atoms with Gasteiger partial charge >= 0.3 is 5.97 Å². The number of carbonyl (C=O) groups is 2. The Morgan fingerprint density at radius 1 is 1.30 bits per heavy atom. The first-order valence-corrected chi connectivity index (χ1v) is 6.49. The number of rotatable bonds is 4. The van der Waals surface area contributed by atoms with Crippen molar-refractivity contribution < 1.29 is 24.2 Å². The van der Waals surface area contributed by atoms with E-state index < -0.39 is 17.8 Å². The summed E-state index contributed by atoms with van der Waals surface area (Å²) in [4.78, 5) is 22.7. The Balaban J connectivity index is 1.63.